The fourth-order valence-corrected chi connectivity index (χ4v) is 8.12. The molecule has 11 atom stereocenters. The van der Waals surface area contributed by atoms with Gasteiger partial charge in [0.25, 0.3) is 0 Å². The molecule has 1 unspecified atom stereocenters. The van der Waals surface area contributed by atoms with E-state index in [1.54, 1.807) is 13.8 Å². The zero-order valence-electron chi connectivity index (χ0n) is 28.9. The minimum Gasteiger partial charge on any atom is -0.459 e. The van der Waals surface area contributed by atoms with Crippen LogP contribution in [0.3, 0.4) is 0 Å². The van der Waals surface area contributed by atoms with E-state index in [0.29, 0.717) is 12.8 Å². The summed E-state index contributed by atoms with van der Waals surface area (Å²) < 4.78 is 22.3. The van der Waals surface area contributed by atoms with E-state index >= 15 is 0 Å². The zero-order chi connectivity index (χ0) is 34.7. The topological polar surface area (TPSA) is 218 Å². The molecule has 4 rings (SSSR count). The van der Waals surface area contributed by atoms with Crippen LogP contribution in [0.5, 0.6) is 0 Å². The first-order chi connectivity index (χ1) is 21.2. The average Bonchev–Trinajstić information content (AvgIpc) is 2.97. The van der Waals surface area contributed by atoms with Crippen molar-refractivity contribution in [3.8, 4) is 0 Å². The molecule has 3 aliphatic carbocycles. The minimum atomic E-state index is -2.20. The van der Waals surface area contributed by atoms with E-state index in [4.69, 9.17) is 18.9 Å². The van der Waals surface area contributed by atoms with Crippen LogP contribution >= 0.6 is 0 Å². The van der Waals surface area contributed by atoms with E-state index in [1.165, 1.54) is 20.8 Å². The molecule has 16 heteroatoms. The number of carbonyl (C=O) groups excluding carboxylic acids is 4. The Morgan fingerprint density at radius 1 is 1.06 bits per heavy atom. The Balaban J connectivity index is 0.00000400. The van der Waals surface area contributed by atoms with Gasteiger partial charge < -0.3 is 49.8 Å². The summed E-state index contributed by atoms with van der Waals surface area (Å²) in [7, 11) is 0. The second kappa shape index (κ2) is 16.1. The van der Waals surface area contributed by atoms with Gasteiger partial charge in [-0.2, -0.15) is 0 Å². The van der Waals surface area contributed by atoms with E-state index in [2.05, 4.69) is 5.32 Å². The van der Waals surface area contributed by atoms with Gasteiger partial charge in [-0.05, 0) is 44.8 Å². The summed E-state index contributed by atoms with van der Waals surface area (Å²) in [5.74, 6) is -4.33. The van der Waals surface area contributed by atoms with Crippen molar-refractivity contribution in [2.24, 2.45) is 16.7 Å². The first-order valence-corrected chi connectivity index (χ1v) is 15.9. The molecule has 0 spiro atoms. The second-order valence-electron chi connectivity index (χ2n) is 14.1. The number of hydrogen-bond donors (Lipinski definition) is 6. The summed E-state index contributed by atoms with van der Waals surface area (Å²) in [6.07, 6.45) is -9.78. The van der Waals surface area contributed by atoms with Crippen LogP contribution in [0.4, 0.5) is 4.79 Å². The Morgan fingerprint density at radius 3 is 2.15 bits per heavy atom. The number of hydrogen-bond acceptors (Lipinski definition) is 13. The molecule has 0 aromatic carbocycles. The molecule has 1 aliphatic heterocycles. The van der Waals surface area contributed by atoms with Gasteiger partial charge in [0.15, 0.2) is 11.9 Å². The number of Topliss-reactive ketones (excluding diaryl/α,β-unsaturated/α-hetero) is 1. The molecular weight excluding hydrogens is 1060 g/mol. The van der Waals surface area contributed by atoms with Crippen molar-refractivity contribution in [1.82, 2.24) is 5.32 Å². The van der Waals surface area contributed by atoms with Gasteiger partial charge in [0.2, 0.25) is 0 Å². The molecule has 2 saturated carbocycles. The third-order valence-corrected chi connectivity index (χ3v) is 11.2. The number of ketones is 1. The number of aliphatic hydroxyl groups is 5. The van der Waals surface area contributed by atoms with E-state index < -0.39 is 101 Å². The van der Waals surface area contributed by atoms with Crippen molar-refractivity contribution in [3.05, 3.63) is 11.1 Å². The number of esters is 2. The van der Waals surface area contributed by atoms with Crippen molar-refractivity contribution in [1.29, 1.82) is 0 Å². The van der Waals surface area contributed by atoms with Crippen molar-refractivity contribution >= 4 is 23.8 Å². The summed E-state index contributed by atoms with van der Waals surface area (Å²) in [5.41, 5.74) is -7.23. The normalized spacial score (nSPS) is 37.8. The Hall–Kier alpha value is 0.263. The number of aliphatic hydroxyl groups excluding tert-OH is 3. The Morgan fingerprint density at radius 2 is 1.65 bits per heavy atom. The van der Waals surface area contributed by atoms with Gasteiger partial charge in [-0.1, -0.05) is 27.7 Å². The zero-order valence-corrected chi connectivity index (χ0v) is 38.4. The summed E-state index contributed by atoms with van der Waals surface area (Å²) >= 11 is 0. The molecule has 1 saturated heterocycles. The fraction of sp³-hybridized carbons (Fsp3) is 0.812. The molecule has 0 aromatic rings. The third-order valence-electron chi connectivity index (χ3n) is 11.2. The maximum Gasteiger partial charge on any atom is 0.407 e. The van der Waals surface area contributed by atoms with E-state index in [9.17, 15) is 44.7 Å². The molecule has 266 valence electrons. The van der Waals surface area contributed by atoms with Gasteiger partial charge in [-0.3, -0.25) is 9.59 Å². The summed E-state index contributed by atoms with van der Waals surface area (Å²) in [5, 5.41) is 60.9. The van der Waals surface area contributed by atoms with Crippen LogP contribution < -0.4 is 5.32 Å². The van der Waals surface area contributed by atoms with Crippen LogP contribution in [-0.2, 0) is 33.3 Å². The summed E-state index contributed by atoms with van der Waals surface area (Å²) in [6.45, 7) is 11.9. The number of ether oxygens (including phenoxy) is 4. The van der Waals surface area contributed by atoms with Gasteiger partial charge in [0.1, 0.15) is 35.6 Å². The number of rotatable bonds is 8. The van der Waals surface area contributed by atoms with Gasteiger partial charge in [0.05, 0.1) is 30.3 Å². The molecule has 14 nitrogen and oxygen atoms in total. The van der Waals surface area contributed by atoms with Gasteiger partial charge in [-0.15, -0.1) is 0 Å². The van der Waals surface area contributed by atoms with Crippen molar-refractivity contribution < 1.29 is 152 Å². The van der Waals surface area contributed by atoms with Crippen LogP contribution in [0.1, 0.15) is 81.1 Å². The molecule has 0 aromatic heterocycles. The van der Waals surface area contributed by atoms with E-state index in [-0.39, 0.29) is 118 Å². The summed E-state index contributed by atoms with van der Waals surface area (Å²) in [6, 6.07) is -1.15. The quantitative estimate of drug-likeness (QED) is 0.111. The van der Waals surface area contributed by atoms with Crippen molar-refractivity contribution in [2.75, 3.05) is 6.61 Å². The average molecular weight is 1110 g/mol. The smallest absolute Gasteiger partial charge is 0.407 e. The number of nitrogens with one attached hydrogen (secondary N) is 1. The molecule has 2 bridgehead atoms. The minimum absolute atomic E-state index is 0. The standard InChI is InChI=1S/C32H49NO13.2Ac/c1-9-17(10-2)45-28(40)33-15(4)22(36)27(39)46-18-12-32(42)26(44-16(5)34)24-30(8,19(35)11-20-31(24,41)13-43-20)25(38)23(37)21(14(18)3)29(32,6)7;;/h15,17-20,22-24,26,35-37,41-42H,9-13H2,1-8H3,(H,33,40);;/t15-,18?,19-,20+,22+,23+,24-,26-,30+,31-,32+;;/m0../s1. The number of alkyl carbamates (subject to hydrolysis) is 1. The first-order valence-electron chi connectivity index (χ1n) is 15.9. The predicted octanol–water partition coefficient (Wildman–Crippen LogP) is 0.432. The number of carbonyl (C=O) groups is 4. The molecule has 6 N–H and O–H groups in total. The van der Waals surface area contributed by atoms with Crippen molar-refractivity contribution in [3.63, 3.8) is 0 Å². The molecule has 3 fully saturated rings. The van der Waals surface area contributed by atoms with Crippen LogP contribution in [0.15, 0.2) is 11.1 Å². The van der Waals surface area contributed by atoms with Crippen LogP contribution in [-0.4, -0.2) is 116 Å². The van der Waals surface area contributed by atoms with E-state index in [1.807, 2.05) is 13.8 Å². The predicted molar refractivity (Wildman–Crippen MR) is 159 cm³/mol. The third kappa shape index (κ3) is 7.26. The van der Waals surface area contributed by atoms with Gasteiger partial charge in [-0.25, -0.2) is 9.59 Å². The Bertz CT molecular complexity index is 1290. The molecule has 2 radical (unpaired) electrons. The monoisotopic (exact) mass is 1110 g/mol. The molecule has 1 amide bonds. The molecule has 48 heavy (non-hydrogen) atoms. The summed E-state index contributed by atoms with van der Waals surface area (Å²) in [4.78, 5) is 52.5. The Labute approximate surface area is 352 Å². The van der Waals surface area contributed by atoms with Crippen LogP contribution in [0, 0.1) is 105 Å². The van der Waals surface area contributed by atoms with Gasteiger partial charge in [0, 0.05) is 119 Å². The number of fused-ring (bicyclic) bond motifs is 5. The first kappa shape index (κ1) is 44.4. The maximum atomic E-state index is 14.3. The number of amides is 1. The van der Waals surface area contributed by atoms with E-state index in [0.717, 1.165) is 6.92 Å². The maximum absolute atomic E-state index is 14.3. The largest absolute Gasteiger partial charge is 0.459 e. The fourth-order valence-electron chi connectivity index (χ4n) is 8.12. The molecule has 4 aliphatic rings. The van der Waals surface area contributed by atoms with Crippen LogP contribution in [0.25, 0.3) is 0 Å². The van der Waals surface area contributed by atoms with Gasteiger partial charge >= 0.3 is 18.0 Å². The second-order valence-corrected chi connectivity index (χ2v) is 14.1. The van der Waals surface area contributed by atoms with Crippen LogP contribution in [0.2, 0.25) is 0 Å². The Kier molecular flexibility index (Phi) is 14.9. The molecular formula is C32H49Ac2NO13. The molecule has 1 heterocycles. The SMILES string of the molecule is CCC(CC)OC(=O)N[C@@H](C)[C@@H](O)C(=O)OC1C[C@@]2(O)[C@@H](OC(C)=O)[C@@H]3[C@]4(O)CO[C@@H]4C[C@H](O)[C@@]3(C)C(=O)[C@H](O)C(=C1C)C2(C)C.[Ac].[Ac]. The van der Waals surface area contributed by atoms with Crippen molar-refractivity contribution in [2.45, 2.75) is 141 Å².